The maximum absolute atomic E-state index is 13.2. The van der Waals surface area contributed by atoms with Crippen molar-refractivity contribution in [2.24, 2.45) is 0 Å². The molecule has 3 heterocycles. The van der Waals surface area contributed by atoms with Gasteiger partial charge in [-0.05, 0) is 37.0 Å². The van der Waals surface area contributed by atoms with Crippen LogP contribution in [0.15, 0.2) is 41.6 Å². The van der Waals surface area contributed by atoms with E-state index in [0.29, 0.717) is 10.2 Å². The molecule has 4 rings (SSSR count). The van der Waals surface area contributed by atoms with Crippen LogP contribution in [0.3, 0.4) is 0 Å². The van der Waals surface area contributed by atoms with Crippen molar-refractivity contribution in [3.63, 3.8) is 0 Å². The SMILES string of the molecule is O=c1c(C2CCCCC2)cc(-c2cnn(C(F)F)c2)nn1Cc1ncccc1OC(F)(F)F. The van der Waals surface area contributed by atoms with Crippen LogP contribution in [0.1, 0.15) is 55.8 Å². The molecule has 0 radical (unpaired) electrons. The molecule has 12 heteroatoms. The highest BCUT2D eigenvalue weighted by molar-refractivity contribution is 5.57. The summed E-state index contributed by atoms with van der Waals surface area (Å²) in [6, 6.07) is 3.94. The predicted octanol–water partition coefficient (Wildman–Crippen LogP) is 4.89. The minimum atomic E-state index is -4.94. The first kappa shape index (κ1) is 22.9. The lowest BCUT2D eigenvalue weighted by atomic mass is 9.84. The molecule has 1 aliphatic carbocycles. The van der Waals surface area contributed by atoms with E-state index in [1.165, 1.54) is 18.5 Å². The van der Waals surface area contributed by atoms with Gasteiger partial charge in [-0.3, -0.25) is 9.78 Å². The van der Waals surface area contributed by atoms with E-state index in [1.54, 1.807) is 6.07 Å². The molecule has 7 nitrogen and oxygen atoms in total. The van der Waals surface area contributed by atoms with Gasteiger partial charge in [0.2, 0.25) is 0 Å². The number of halogens is 5. The Bertz CT molecular complexity index is 1170. The van der Waals surface area contributed by atoms with Gasteiger partial charge in [-0.15, -0.1) is 13.2 Å². The van der Waals surface area contributed by atoms with E-state index >= 15 is 0 Å². The Labute approximate surface area is 184 Å². The third-order valence-electron chi connectivity index (χ3n) is 5.52. The van der Waals surface area contributed by atoms with Crippen LogP contribution in [0.5, 0.6) is 5.75 Å². The number of alkyl halides is 5. The van der Waals surface area contributed by atoms with Gasteiger partial charge >= 0.3 is 12.9 Å². The standard InChI is InChI=1S/C21H20F5N5O2/c22-20(23)31-11-14(10-28-31)16-9-15(13-5-2-1-3-6-13)19(32)30(29-16)12-17-18(7-4-8-27-17)33-21(24,25)26/h4,7-11,13,20H,1-3,5-6,12H2. The lowest BCUT2D eigenvalue weighted by Crippen LogP contribution is -2.30. The van der Waals surface area contributed by atoms with Crippen molar-refractivity contribution in [2.75, 3.05) is 0 Å². The van der Waals surface area contributed by atoms with Gasteiger partial charge in [-0.25, -0.2) is 9.36 Å². The second-order valence-corrected chi connectivity index (χ2v) is 7.77. The summed E-state index contributed by atoms with van der Waals surface area (Å²) in [6.07, 6.45) is 3.14. The first-order valence-corrected chi connectivity index (χ1v) is 10.4. The van der Waals surface area contributed by atoms with Crippen molar-refractivity contribution in [2.45, 2.75) is 57.5 Å². The molecule has 0 atom stereocenters. The summed E-state index contributed by atoms with van der Waals surface area (Å²) in [5.41, 5.74) is 0.318. The van der Waals surface area contributed by atoms with Gasteiger partial charge in [0.05, 0.1) is 18.4 Å². The van der Waals surface area contributed by atoms with Crippen molar-refractivity contribution in [1.29, 1.82) is 0 Å². The van der Waals surface area contributed by atoms with Crippen LogP contribution in [-0.4, -0.2) is 30.9 Å². The van der Waals surface area contributed by atoms with Crippen molar-refractivity contribution in [3.05, 3.63) is 58.4 Å². The summed E-state index contributed by atoms with van der Waals surface area (Å²) >= 11 is 0. The number of pyridine rings is 1. The van der Waals surface area contributed by atoms with Gasteiger partial charge < -0.3 is 4.74 Å². The molecular weight excluding hydrogens is 449 g/mol. The van der Waals surface area contributed by atoms with Crippen molar-refractivity contribution in [1.82, 2.24) is 24.5 Å². The molecule has 176 valence electrons. The topological polar surface area (TPSA) is 74.8 Å². The highest BCUT2D eigenvalue weighted by Gasteiger charge is 2.32. The fourth-order valence-electron chi connectivity index (χ4n) is 4.00. The quantitative estimate of drug-likeness (QED) is 0.481. The molecule has 3 aromatic heterocycles. The number of nitrogens with zero attached hydrogens (tertiary/aromatic N) is 5. The van der Waals surface area contributed by atoms with Crippen LogP contribution >= 0.6 is 0 Å². The highest BCUT2D eigenvalue weighted by Crippen LogP contribution is 2.32. The van der Waals surface area contributed by atoms with E-state index in [1.807, 2.05) is 0 Å². The summed E-state index contributed by atoms with van der Waals surface area (Å²) < 4.78 is 69.9. The molecule has 1 aliphatic rings. The summed E-state index contributed by atoms with van der Waals surface area (Å²) in [6.45, 7) is -3.24. The van der Waals surface area contributed by atoms with E-state index in [0.717, 1.165) is 49.0 Å². The van der Waals surface area contributed by atoms with Crippen LogP contribution in [0.4, 0.5) is 22.0 Å². The number of rotatable bonds is 6. The third-order valence-corrected chi connectivity index (χ3v) is 5.52. The monoisotopic (exact) mass is 469 g/mol. The fraction of sp³-hybridized carbons (Fsp3) is 0.429. The van der Waals surface area contributed by atoms with Crippen LogP contribution in [-0.2, 0) is 6.54 Å². The first-order valence-electron chi connectivity index (χ1n) is 10.4. The molecule has 1 saturated carbocycles. The highest BCUT2D eigenvalue weighted by atomic mass is 19.4. The van der Waals surface area contributed by atoms with Gasteiger partial charge in [0.1, 0.15) is 5.69 Å². The number of aromatic nitrogens is 5. The van der Waals surface area contributed by atoms with E-state index in [-0.39, 0.29) is 29.4 Å². The molecule has 33 heavy (non-hydrogen) atoms. The van der Waals surface area contributed by atoms with Gasteiger partial charge in [0, 0.05) is 23.5 Å². The predicted molar refractivity (Wildman–Crippen MR) is 107 cm³/mol. The largest absolute Gasteiger partial charge is 0.573 e. The Kier molecular flexibility index (Phi) is 6.43. The van der Waals surface area contributed by atoms with Gasteiger partial charge in [-0.1, -0.05) is 19.3 Å². The number of hydrogen-bond acceptors (Lipinski definition) is 5. The maximum atomic E-state index is 13.2. The molecule has 3 aromatic rings. The van der Waals surface area contributed by atoms with E-state index in [4.69, 9.17) is 0 Å². The molecule has 0 saturated heterocycles. The maximum Gasteiger partial charge on any atom is 0.573 e. The zero-order chi connectivity index (χ0) is 23.6. The van der Waals surface area contributed by atoms with Crippen LogP contribution in [0.25, 0.3) is 11.3 Å². The molecule has 0 unspecified atom stereocenters. The lowest BCUT2D eigenvalue weighted by molar-refractivity contribution is -0.275. The molecule has 1 fully saturated rings. The molecule has 0 aliphatic heterocycles. The Balaban J connectivity index is 1.78. The van der Waals surface area contributed by atoms with E-state index in [9.17, 15) is 26.7 Å². The normalized spacial score (nSPS) is 15.2. The molecule has 0 bridgehead atoms. The number of ether oxygens (including phenoxy) is 1. The molecule has 0 N–H and O–H groups in total. The van der Waals surface area contributed by atoms with Crippen LogP contribution in [0.2, 0.25) is 0 Å². The zero-order valence-electron chi connectivity index (χ0n) is 17.3. The summed E-state index contributed by atoms with van der Waals surface area (Å²) in [5.74, 6) is -0.604. The lowest BCUT2D eigenvalue weighted by Gasteiger charge is -2.22. The molecular formula is C21H20F5N5O2. The second kappa shape index (κ2) is 9.28. The zero-order valence-corrected chi connectivity index (χ0v) is 17.3. The average Bonchev–Trinajstić information content (AvgIpc) is 3.27. The Morgan fingerprint density at radius 2 is 1.94 bits per heavy atom. The van der Waals surface area contributed by atoms with Crippen molar-refractivity contribution < 1.29 is 26.7 Å². The Morgan fingerprint density at radius 3 is 2.61 bits per heavy atom. The Hall–Kier alpha value is -3.31. The minimum absolute atomic E-state index is 0.0565. The van der Waals surface area contributed by atoms with Gasteiger partial charge in [0.25, 0.3) is 5.56 Å². The van der Waals surface area contributed by atoms with Crippen molar-refractivity contribution in [3.8, 4) is 17.0 Å². The first-order chi connectivity index (χ1) is 15.7. The molecule has 0 amide bonds. The summed E-state index contributed by atoms with van der Waals surface area (Å²) in [5, 5.41) is 7.84. The second-order valence-electron chi connectivity index (χ2n) is 7.77. The van der Waals surface area contributed by atoms with Crippen molar-refractivity contribution >= 4 is 0 Å². The van der Waals surface area contributed by atoms with Gasteiger partial charge in [-0.2, -0.15) is 19.0 Å². The van der Waals surface area contributed by atoms with Crippen LogP contribution < -0.4 is 10.3 Å². The van der Waals surface area contributed by atoms with Crippen LogP contribution in [0, 0.1) is 0 Å². The van der Waals surface area contributed by atoms with E-state index < -0.39 is 24.2 Å². The summed E-state index contributed by atoms with van der Waals surface area (Å²) in [7, 11) is 0. The summed E-state index contributed by atoms with van der Waals surface area (Å²) in [4.78, 5) is 17.2. The minimum Gasteiger partial charge on any atom is -0.404 e. The average molecular weight is 469 g/mol. The van der Waals surface area contributed by atoms with E-state index in [2.05, 4.69) is 19.9 Å². The number of hydrogen-bond donors (Lipinski definition) is 0. The van der Waals surface area contributed by atoms with Gasteiger partial charge in [0.15, 0.2) is 5.75 Å². The molecule has 0 aromatic carbocycles. The fourth-order valence-corrected chi connectivity index (χ4v) is 4.00. The smallest absolute Gasteiger partial charge is 0.404 e. The molecule has 0 spiro atoms. The Morgan fingerprint density at radius 1 is 1.18 bits per heavy atom. The third kappa shape index (κ3) is 5.37.